The molecule has 0 spiro atoms. The van der Waals surface area contributed by atoms with Crippen LogP contribution in [0, 0.1) is 0 Å². The number of fused-ring (bicyclic) bond motifs is 1. The molecular weight excluding hydrogens is 520 g/mol. The fourth-order valence-electron chi connectivity index (χ4n) is 4.71. The van der Waals surface area contributed by atoms with Crippen LogP contribution >= 0.6 is 11.8 Å². The molecule has 0 aliphatic carbocycles. The van der Waals surface area contributed by atoms with Gasteiger partial charge in [-0.2, -0.15) is 16.7 Å². The summed E-state index contributed by atoms with van der Waals surface area (Å²) < 4.78 is 14.4. The summed E-state index contributed by atoms with van der Waals surface area (Å²) in [6.07, 6.45) is -0.427. The van der Waals surface area contributed by atoms with Crippen LogP contribution in [0.3, 0.4) is 0 Å². The first kappa shape index (κ1) is 26.7. The molecule has 5 heterocycles. The fraction of sp³-hybridized carbons (Fsp3) is 0.591. The van der Waals surface area contributed by atoms with Crippen molar-refractivity contribution in [2.75, 3.05) is 23.8 Å². The van der Waals surface area contributed by atoms with E-state index < -0.39 is 48.7 Å². The van der Waals surface area contributed by atoms with Crippen molar-refractivity contribution in [2.24, 2.45) is 0 Å². The van der Waals surface area contributed by atoms with Gasteiger partial charge in [0.05, 0.1) is 25.1 Å². The number of hydrogen-bond donors (Lipinski definition) is 6. The van der Waals surface area contributed by atoms with Crippen LogP contribution in [0.5, 0.6) is 0 Å². The molecule has 8 N–H and O–H groups in total. The molecule has 38 heavy (non-hydrogen) atoms. The van der Waals surface area contributed by atoms with Crippen molar-refractivity contribution >= 4 is 34.6 Å². The molecule has 2 aliphatic rings. The number of nitrogen functional groups attached to an aromatic ring is 2. The van der Waals surface area contributed by atoms with Crippen LogP contribution in [0.1, 0.15) is 37.3 Å². The standard InChI is InChI=1S/C22H30N8O7S/c23-18-10(5-29(22(35)28-18)14-4-11(32)13(6-31)36-14)7-38-3-1-2-12-16(33)17(34)21(37-12)30-9-27-15-19(24)25-8-26-20(15)30/h5,8-9,11-14,16-17,21,31-34H,1-4,6-7H2,(H2,23,28,35)(H2,24,25,26)/t11-,12+,13+,14+,16+,17+,21+/m0/s1. The van der Waals surface area contributed by atoms with Crippen molar-refractivity contribution in [3.05, 3.63) is 34.9 Å². The lowest BCUT2D eigenvalue weighted by molar-refractivity contribution is -0.0459. The van der Waals surface area contributed by atoms with Gasteiger partial charge in [-0.1, -0.05) is 0 Å². The Morgan fingerprint density at radius 2 is 1.87 bits per heavy atom. The number of anilines is 2. The summed E-state index contributed by atoms with van der Waals surface area (Å²) in [5.41, 5.74) is 12.6. The van der Waals surface area contributed by atoms with Crippen LogP contribution in [0.2, 0.25) is 0 Å². The summed E-state index contributed by atoms with van der Waals surface area (Å²) in [7, 11) is 0. The first-order valence-electron chi connectivity index (χ1n) is 12.1. The summed E-state index contributed by atoms with van der Waals surface area (Å²) in [5, 5.41) is 40.4. The van der Waals surface area contributed by atoms with Crippen molar-refractivity contribution in [2.45, 2.75) is 68.0 Å². The van der Waals surface area contributed by atoms with E-state index in [-0.39, 0.29) is 24.7 Å². The number of nitrogens with two attached hydrogens (primary N) is 2. The molecule has 2 saturated heterocycles. The van der Waals surface area contributed by atoms with E-state index in [2.05, 4.69) is 19.9 Å². The topological polar surface area (TPSA) is 230 Å². The summed E-state index contributed by atoms with van der Waals surface area (Å²) in [5.74, 6) is 1.49. The SMILES string of the molecule is Nc1nc(=O)n([C@H]2C[C@H](O)[C@@H](CO)O2)cc1CSCCC[C@H]1O[C@@H](n2cnc3c(N)ncnc32)[C@H](O)[C@@H]1O. The number of aliphatic hydroxyl groups is 4. The average Bonchev–Trinajstić information content (AvgIpc) is 3.57. The van der Waals surface area contributed by atoms with Crippen LogP contribution in [0.15, 0.2) is 23.6 Å². The van der Waals surface area contributed by atoms with Crippen LogP contribution in [-0.2, 0) is 15.2 Å². The molecule has 3 aromatic rings. The number of ether oxygens (including phenoxy) is 2. The third-order valence-corrected chi connectivity index (χ3v) is 7.88. The lowest BCUT2D eigenvalue weighted by Gasteiger charge is -2.16. The molecule has 0 aromatic carbocycles. The van der Waals surface area contributed by atoms with Gasteiger partial charge in [0.1, 0.15) is 42.2 Å². The Balaban J connectivity index is 1.15. The van der Waals surface area contributed by atoms with E-state index in [1.54, 1.807) is 18.0 Å². The predicted octanol–water partition coefficient (Wildman–Crippen LogP) is -1.48. The van der Waals surface area contributed by atoms with Gasteiger partial charge >= 0.3 is 5.69 Å². The number of imidazole rings is 1. The Kier molecular flexibility index (Phi) is 7.80. The molecular formula is C22H30N8O7S. The normalized spacial score (nSPS) is 29.4. The lowest BCUT2D eigenvalue weighted by atomic mass is 10.1. The Morgan fingerprint density at radius 3 is 2.63 bits per heavy atom. The quantitative estimate of drug-likeness (QED) is 0.167. The van der Waals surface area contributed by atoms with Gasteiger partial charge in [0, 0.05) is 23.9 Å². The Morgan fingerprint density at radius 1 is 1.05 bits per heavy atom. The molecule has 2 fully saturated rings. The summed E-state index contributed by atoms with van der Waals surface area (Å²) >= 11 is 1.56. The molecule has 3 aromatic heterocycles. The van der Waals surface area contributed by atoms with Crippen molar-refractivity contribution in [1.29, 1.82) is 0 Å². The van der Waals surface area contributed by atoms with E-state index in [1.165, 1.54) is 21.8 Å². The zero-order chi connectivity index (χ0) is 27.0. The fourth-order valence-corrected chi connectivity index (χ4v) is 5.67. The van der Waals surface area contributed by atoms with Gasteiger partial charge in [-0.3, -0.25) is 9.13 Å². The molecule has 5 rings (SSSR count). The van der Waals surface area contributed by atoms with Gasteiger partial charge in [-0.15, -0.1) is 0 Å². The molecule has 0 saturated carbocycles. The van der Waals surface area contributed by atoms with Crippen molar-refractivity contribution in [1.82, 2.24) is 29.1 Å². The van der Waals surface area contributed by atoms with Crippen LogP contribution in [0.25, 0.3) is 11.2 Å². The van der Waals surface area contributed by atoms with Gasteiger partial charge in [0.25, 0.3) is 0 Å². The highest BCUT2D eigenvalue weighted by Crippen LogP contribution is 2.34. The van der Waals surface area contributed by atoms with Crippen molar-refractivity contribution < 1.29 is 29.9 Å². The maximum absolute atomic E-state index is 12.3. The zero-order valence-electron chi connectivity index (χ0n) is 20.3. The number of nitrogens with zero attached hydrogens (tertiary/aromatic N) is 6. The smallest absolute Gasteiger partial charge is 0.351 e. The second-order valence-electron chi connectivity index (χ2n) is 9.28. The van der Waals surface area contributed by atoms with E-state index in [4.69, 9.17) is 20.9 Å². The summed E-state index contributed by atoms with van der Waals surface area (Å²) in [6, 6.07) is 0. The van der Waals surface area contributed by atoms with Crippen LogP contribution in [0.4, 0.5) is 11.6 Å². The van der Waals surface area contributed by atoms with Gasteiger partial charge in [0.15, 0.2) is 17.7 Å². The average molecular weight is 551 g/mol. The molecule has 0 bridgehead atoms. The zero-order valence-corrected chi connectivity index (χ0v) is 21.1. The monoisotopic (exact) mass is 550 g/mol. The summed E-state index contributed by atoms with van der Waals surface area (Å²) in [4.78, 5) is 28.5. The van der Waals surface area contributed by atoms with Crippen molar-refractivity contribution in [3.8, 4) is 0 Å². The first-order valence-corrected chi connectivity index (χ1v) is 13.3. The van der Waals surface area contributed by atoms with E-state index in [9.17, 15) is 25.2 Å². The van der Waals surface area contributed by atoms with Gasteiger partial charge in [0.2, 0.25) is 0 Å². The maximum Gasteiger partial charge on any atom is 0.351 e. The number of aromatic nitrogens is 6. The molecule has 16 heteroatoms. The molecule has 0 unspecified atom stereocenters. The minimum absolute atomic E-state index is 0.119. The number of thioether (sulfide) groups is 1. The number of hydrogen-bond acceptors (Lipinski definition) is 14. The highest BCUT2D eigenvalue weighted by molar-refractivity contribution is 7.98. The molecule has 2 aliphatic heterocycles. The molecule has 0 radical (unpaired) electrons. The van der Waals surface area contributed by atoms with Crippen LogP contribution < -0.4 is 17.2 Å². The second-order valence-corrected chi connectivity index (χ2v) is 10.4. The minimum Gasteiger partial charge on any atom is -0.394 e. The Hall–Kier alpha value is -2.86. The maximum atomic E-state index is 12.3. The highest BCUT2D eigenvalue weighted by atomic mass is 32.2. The van der Waals surface area contributed by atoms with Gasteiger partial charge < -0.3 is 41.4 Å². The Bertz CT molecular complexity index is 1340. The van der Waals surface area contributed by atoms with Crippen molar-refractivity contribution in [3.63, 3.8) is 0 Å². The lowest BCUT2D eigenvalue weighted by Crippen LogP contribution is -2.31. The number of aliphatic hydroxyl groups excluding tert-OH is 4. The predicted molar refractivity (Wildman–Crippen MR) is 136 cm³/mol. The molecule has 206 valence electrons. The first-order chi connectivity index (χ1) is 18.3. The van der Waals surface area contributed by atoms with E-state index in [0.29, 0.717) is 41.1 Å². The minimum atomic E-state index is -1.17. The number of rotatable bonds is 9. The molecule has 7 atom stereocenters. The second kappa shape index (κ2) is 11.1. The van der Waals surface area contributed by atoms with E-state index in [0.717, 1.165) is 0 Å². The van der Waals surface area contributed by atoms with Gasteiger partial charge in [-0.25, -0.2) is 19.7 Å². The van der Waals surface area contributed by atoms with E-state index >= 15 is 0 Å². The van der Waals surface area contributed by atoms with Gasteiger partial charge in [-0.05, 0) is 18.6 Å². The summed E-state index contributed by atoms with van der Waals surface area (Å²) in [6.45, 7) is -0.351. The largest absolute Gasteiger partial charge is 0.394 e. The van der Waals surface area contributed by atoms with Crippen LogP contribution in [-0.4, -0.2) is 92.4 Å². The third kappa shape index (κ3) is 5.07. The van der Waals surface area contributed by atoms with E-state index in [1.807, 2.05) is 0 Å². The molecule has 15 nitrogen and oxygen atoms in total. The highest BCUT2D eigenvalue weighted by Gasteiger charge is 2.44. The third-order valence-electron chi connectivity index (χ3n) is 6.79. The Labute approximate surface area is 220 Å². The molecule has 0 amide bonds.